The first-order valence-corrected chi connectivity index (χ1v) is 28.8. The molecular formula is C61H92N2O18. The molecule has 0 spiro atoms. The average molecular weight is 1140 g/mol. The number of rotatable bonds is 16. The predicted octanol–water partition coefficient (Wildman–Crippen LogP) is 7.13. The van der Waals surface area contributed by atoms with Crippen LogP contribution in [0, 0.1) is 23.7 Å². The minimum Gasteiger partial charge on any atom is -0.458 e. The maximum Gasteiger partial charge on any atom is 0.509 e. The number of fused-ring (bicyclic) bond motifs is 1. The minimum atomic E-state index is -1.54. The van der Waals surface area contributed by atoms with E-state index in [2.05, 4.69) is 0 Å². The fraction of sp³-hybridized carbons (Fsp3) is 0.738. The van der Waals surface area contributed by atoms with E-state index in [1.807, 2.05) is 116 Å². The standard InChI is InChI=1S/C61H92N2O18/c1-18-43-61(11)52(80-58(68)81-61)35(4)46(64)33(2)30-59(9,69-16)51(78-56-47(65)42(62(12)13)29-34(3)72-56)36(5)48(37(6)54(66)75-43)76-44-31-60(10,70-17)53(39(8)73-44)79-57-50(77-55(67)41-27-23-20-24-28-41)45(63(14)15)49(38(7)74-57)71-32-40-25-21-19-22-26-40/h19-28,33-39,42-45,47-53,56-57,65H,18,29-32H2,1-17H3/t33-,34-,35+,36+,37-,38-,39+,42+,43-,44+,45+,47-,48+,49-,50-,51-,52-,53+,56+,57+,59+,60-,61-/m1/s1. The van der Waals surface area contributed by atoms with E-state index in [1.165, 1.54) is 7.11 Å². The van der Waals surface area contributed by atoms with Crippen LogP contribution in [0.3, 0.4) is 0 Å². The molecule has 454 valence electrons. The zero-order valence-corrected chi connectivity index (χ0v) is 50.6. The molecule has 5 aliphatic heterocycles. The number of hydrogen-bond donors (Lipinski definition) is 1. The Kier molecular flexibility index (Phi) is 21.3. The van der Waals surface area contributed by atoms with Crippen molar-refractivity contribution >= 4 is 23.9 Å². The lowest BCUT2D eigenvalue weighted by Gasteiger charge is -2.52. The number of aliphatic hydroxyl groups is 1. The summed E-state index contributed by atoms with van der Waals surface area (Å²) in [5.74, 6) is -4.98. The van der Waals surface area contributed by atoms with Gasteiger partial charge in [0.05, 0.1) is 71.8 Å². The van der Waals surface area contributed by atoms with Crippen molar-refractivity contribution in [2.45, 2.75) is 223 Å². The summed E-state index contributed by atoms with van der Waals surface area (Å²) in [6.07, 6.45) is -13.0. The van der Waals surface area contributed by atoms with Crippen molar-refractivity contribution in [1.82, 2.24) is 9.80 Å². The van der Waals surface area contributed by atoms with Crippen molar-refractivity contribution in [1.29, 1.82) is 0 Å². The second-order valence-electron chi connectivity index (χ2n) is 24.3. The molecule has 5 saturated heterocycles. The summed E-state index contributed by atoms with van der Waals surface area (Å²) in [5, 5.41) is 12.0. The lowest BCUT2D eigenvalue weighted by Crippen LogP contribution is -2.67. The van der Waals surface area contributed by atoms with Crippen LogP contribution >= 0.6 is 0 Å². The number of cyclic esters (lactones) is 1. The Bertz CT molecular complexity index is 2400. The van der Waals surface area contributed by atoms with E-state index >= 15 is 4.79 Å². The zero-order valence-electron chi connectivity index (χ0n) is 50.6. The average Bonchev–Trinajstić information content (AvgIpc) is 3.88. The molecule has 20 nitrogen and oxygen atoms in total. The third-order valence-corrected chi connectivity index (χ3v) is 17.9. The molecule has 0 saturated carbocycles. The molecule has 0 unspecified atom stereocenters. The van der Waals surface area contributed by atoms with Gasteiger partial charge in [0.2, 0.25) is 0 Å². The first-order valence-electron chi connectivity index (χ1n) is 28.8. The number of carbonyl (C=O) groups is 4. The van der Waals surface area contributed by atoms with Gasteiger partial charge in [-0.1, -0.05) is 76.2 Å². The maximum absolute atomic E-state index is 15.0. The number of ether oxygens (including phenoxy) is 13. The number of likely N-dealkylation sites (N-methyl/N-ethyl adjacent to an activating group) is 2. The SMILES string of the molecule is CC[C@H]1OC(=O)[C@H](C)[C@@H](O[C@H]2C[C@@](C)(OC)[C@@H](O[C@@H]3O[C@H](C)[C@@H](OCc4ccccc4)[C@H](N(C)C)[C@H]3OC(=O)c3ccccc3)[C@H](C)O2)[C@H](C)[C@@H](O[C@@H]2O[C@H](C)C[C@H](N(C)C)[C@H]2O)[C@@](C)(OC)C[C@@H](C)C(=O)[C@H](C)[C@H]2OC(=O)O[C@@]21C. The highest BCUT2D eigenvalue weighted by Gasteiger charge is 2.60. The van der Waals surface area contributed by atoms with E-state index in [0.29, 0.717) is 12.0 Å². The summed E-state index contributed by atoms with van der Waals surface area (Å²) in [5.41, 5.74) is -2.73. The van der Waals surface area contributed by atoms with Crippen molar-refractivity contribution < 1.29 is 85.9 Å². The molecule has 0 radical (unpaired) electrons. The lowest BCUT2D eigenvalue weighted by molar-refractivity contribution is -0.356. The summed E-state index contributed by atoms with van der Waals surface area (Å²) in [7, 11) is 10.6. The monoisotopic (exact) mass is 1140 g/mol. The molecule has 0 aliphatic carbocycles. The van der Waals surface area contributed by atoms with Gasteiger partial charge in [0.15, 0.2) is 36.7 Å². The van der Waals surface area contributed by atoms with Gasteiger partial charge in [-0.3, -0.25) is 9.59 Å². The fourth-order valence-corrected chi connectivity index (χ4v) is 13.2. The highest BCUT2D eigenvalue weighted by molar-refractivity contribution is 5.89. The number of aliphatic hydroxyl groups excluding tert-OH is 1. The Morgan fingerprint density at radius 2 is 1.32 bits per heavy atom. The molecule has 2 aromatic carbocycles. The Labute approximate surface area is 479 Å². The quantitative estimate of drug-likeness (QED) is 0.131. The van der Waals surface area contributed by atoms with E-state index in [1.54, 1.807) is 66.0 Å². The molecule has 2 aromatic rings. The van der Waals surface area contributed by atoms with Gasteiger partial charge in [-0.15, -0.1) is 0 Å². The molecule has 5 fully saturated rings. The third-order valence-electron chi connectivity index (χ3n) is 17.9. The van der Waals surface area contributed by atoms with Gasteiger partial charge in [0.1, 0.15) is 30.2 Å². The molecule has 5 aliphatic rings. The number of hydrogen-bond acceptors (Lipinski definition) is 20. The van der Waals surface area contributed by atoms with Crippen LogP contribution in [0.25, 0.3) is 0 Å². The molecule has 1 N–H and O–H groups in total. The van der Waals surface area contributed by atoms with Crippen LogP contribution in [0.4, 0.5) is 4.79 Å². The molecular weight excluding hydrogens is 1050 g/mol. The number of esters is 2. The van der Waals surface area contributed by atoms with Crippen LogP contribution in [-0.4, -0.2) is 196 Å². The van der Waals surface area contributed by atoms with E-state index < -0.39 is 145 Å². The summed E-state index contributed by atoms with van der Waals surface area (Å²) >= 11 is 0. The summed E-state index contributed by atoms with van der Waals surface area (Å²) in [6.45, 7) is 20.1. The summed E-state index contributed by atoms with van der Waals surface area (Å²) in [6, 6.07) is 17.6. The van der Waals surface area contributed by atoms with E-state index in [0.717, 1.165) is 5.56 Å². The Morgan fingerprint density at radius 3 is 1.93 bits per heavy atom. The second-order valence-corrected chi connectivity index (χ2v) is 24.3. The Hall–Kier alpha value is -4.16. The van der Waals surface area contributed by atoms with Gasteiger partial charge in [-0.05, 0) is 114 Å². The first-order chi connectivity index (χ1) is 38.2. The van der Waals surface area contributed by atoms with Gasteiger partial charge in [0, 0.05) is 38.5 Å². The van der Waals surface area contributed by atoms with Crippen LogP contribution in [0.5, 0.6) is 0 Å². The second kappa shape index (κ2) is 26.8. The summed E-state index contributed by atoms with van der Waals surface area (Å²) < 4.78 is 85.2. The molecule has 5 heterocycles. The lowest BCUT2D eigenvalue weighted by atomic mass is 9.74. The van der Waals surface area contributed by atoms with Crippen molar-refractivity contribution in [3.05, 3.63) is 71.8 Å². The Balaban J connectivity index is 1.24. The number of methoxy groups -OCH3 is 2. The smallest absolute Gasteiger partial charge is 0.458 e. The fourth-order valence-electron chi connectivity index (χ4n) is 13.2. The molecule has 0 bridgehead atoms. The molecule has 20 heteroatoms. The summed E-state index contributed by atoms with van der Waals surface area (Å²) in [4.78, 5) is 60.7. The van der Waals surface area contributed by atoms with Crippen molar-refractivity contribution in [2.24, 2.45) is 23.7 Å². The number of benzene rings is 2. The molecule has 0 aromatic heterocycles. The maximum atomic E-state index is 15.0. The van der Waals surface area contributed by atoms with Crippen molar-refractivity contribution in [3.8, 4) is 0 Å². The largest absolute Gasteiger partial charge is 0.509 e. The van der Waals surface area contributed by atoms with E-state index in [4.69, 9.17) is 61.6 Å². The van der Waals surface area contributed by atoms with Crippen molar-refractivity contribution in [2.75, 3.05) is 42.4 Å². The predicted molar refractivity (Wildman–Crippen MR) is 296 cm³/mol. The third kappa shape index (κ3) is 14.0. The van der Waals surface area contributed by atoms with Gasteiger partial charge in [-0.2, -0.15) is 0 Å². The molecule has 7 rings (SSSR count). The van der Waals surface area contributed by atoms with Crippen LogP contribution in [-0.2, 0) is 77.8 Å². The molecule has 0 amide bonds. The normalized spacial score (nSPS) is 41.9. The van der Waals surface area contributed by atoms with Crippen LogP contribution in [0.1, 0.15) is 118 Å². The van der Waals surface area contributed by atoms with E-state index in [9.17, 15) is 19.5 Å². The van der Waals surface area contributed by atoms with Crippen LogP contribution in [0.2, 0.25) is 0 Å². The first kappa shape index (κ1) is 64.4. The Morgan fingerprint density at radius 1 is 0.704 bits per heavy atom. The van der Waals surface area contributed by atoms with Gasteiger partial charge >= 0.3 is 18.1 Å². The highest BCUT2D eigenvalue weighted by atomic mass is 16.8. The molecule has 81 heavy (non-hydrogen) atoms. The number of Topliss-reactive ketones (excluding diaryl/α,β-unsaturated/α-hetero) is 1. The number of nitrogens with zero attached hydrogens (tertiary/aromatic N) is 2. The van der Waals surface area contributed by atoms with Crippen LogP contribution < -0.4 is 0 Å². The van der Waals surface area contributed by atoms with E-state index in [-0.39, 0.29) is 43.8 Å². The van der Waals surface area contributed by atoms with Gasteiger partial charge in [-0.25, -0.2) is 9.59 Å². The van der Waals surface area contributed by atoms with Gasteiger partial charge < -0.3 is 76.5 Å². The van der Waals surface area contributed by atoms with Crippen LogP contribution in [0.15, 0.2) is 60.7 Å². The number of carbonyl (C=O) groups excluding carboxylic acids is 4. The highest BCUT2D eigenvalue weighted by Crippen LogP contribution is 2.45. The molecule has 23 atom stereocenters. The topological polar surface area (TPSA) is 215 Å². The minimum absolute atomic E-state index is 0.0494. The zero-order chi connectivity index (χ0) is 59.5. The van der Waals surface area contributed by atoms with Gasteiger partial charge in [0.25, 0.3) is 0 Å². The number of ketones is 1. The van der Waals surface area contributed by atoms with Crippen molar-refractivity contribution in [3.63, 3.8) is 0 Å².